The van der Waals surface area contributed by atoms with E-state index in [4.69, 9.17) is 5.73 Å². The lowest BCUT2D eigenvalue weighted by atomic mass is 10.1. The first-order chi connectivity index (χ1) is 6.39. The molecule has 4 heteroatoms. The zero-order valence-corrected chi connectivity index (χ0v) is 7.60. The van der Waals surface area contributed by atoms with Crippen LogP contribution in [-0.4, -0.2) is 6.18 Å². The van der Waals surface area contributed by atoms with Gasteiger partial charge < -0.3 is 5.73 Å². The lowest BCUT2D eigenvalue weighted by Gasteiger charge is -2.09. The SMILES string of the molecule is CC1=C/C=C/C(N)=C\C(C(F)(F)F)=C1. The summed E-state index contributed by atoms with van der Waals surface area (Å²) in [6.45, 7) is 1.60. The Kier molecular flexibility index (Phi) is 2.84. The number of alkyl halides is 3. The number of rotatable bonds is 0. The van der Waals surface area contributed by atoms with Gasteiger partial charge in [0.05, 0.1) is 5.57 Å². The van der Waals surface area contributed by atoms with Gasteiger partial charge in [0, 0.05) is 5.70 Å². The van der Waals surface area contributed by atoms with Gasteiger partial charge in [-0.15, -0.1) is 0 Å². The normalized spacial score (nSPS) is 23.9. The summed E-state index contributed by atoms with van der Waals surface area (Å²) in [5.41, 5.74) is 5.25. The van der Waals surface area contributed by atoms with Crippen molar-refractivity contribution >= 4 is 0 Å². The molecule has 0 amide bonds. The van der Waals surface area contributed by atoms with Gasteiger partial charge in [-0.05, 0) is 25.2 Å². The van der Waals surface area contributed by atoms with Gasteiger partial charge in [0.15, 0.2) is 0 Å². The fourth-order valence-electron chi connectivity index (χ4n) is 1.04. The van der Waals surface area contributed by atoms with Crippen molar-refractivity contribution in [2.75, 3.05) is 0 Å². The summed E-state index contributed by atoms with van der Waals surface area (Å²) in [7, 11) is 0. The van der Waals surface area contributed by atoms with Crippen LogP contribution < -0.4 is 5.73 Å². The van der Waals surface area contributed by atoms with E-state index in [2.05, 4.69) is 0 Å². The zero-order valence-electron chi connectivity index (χ0n) is 7.60. The van der Waals surface area contributed by atoms with Crippen molar-refractivity contribution in [2.24, 2.45) is 5.73 Å². The molecule has 0 aromatic heterocycles. The maximum absolute atomic E-state index is 12.4. The molecule has 1 aliphatic rings. The number of allylic oxidation sites excluding steroid dienone is 7. The van der Waals surface area contributed by atoms with Crippen LogP contribution in [0.5, 0.6) is 0 Å². The minimum absolute atomic E-state index is 0.0947. The van der Waals surface area contributed by atoms with Crippen LogP contribution in [0.4, 0.5) is 13.2 Å². The van der Waals surface area contributed by atoms with E-state index < -0.39 is 11.7 Å². The van der Waals surface area contributed by atoms with Crippen molar-refractivity contribution in [3.63, 3.8) is 0 Å². The molecule has 0 saturated heterocycles. The van der Waals surface area contributed by atoms with Crippen LogP contribution in [0.2, 0.25) is 0 Å². The van der Waals surface area contributed by atoms with E-state index in [-0.39, 0.29) is 5.70 Å². The topological polar surface area (TPSA) is 26.0 Å². The molecule has 0 aliphatic heterocycles. The van der Waals surface area contributed by atoms with Gasteiger partial charge in [-0.2, -0.15) is 13.2 Å². The van der Waals surface area contributed by atoms with Crippen molar-refractivity contribution < 1.29 is 13.2 Å². The van der Waals surface area contributed by atoms with Crippen molar-refractivity contribution in [3.05, 3.63) is 47.2 Å². The average Bonchev–Trinajstić information content (AvgIpc) is 1.98. The zero-order chi connectivity index (χ0) is 10.8. The fourth-order valence-corrected chi connectivity index (χ4v) is 1.04. The second-order valence-electron chi connectivity index (χ2n) is 3.01. The Morgan fingerprint density at radius 1 is 1.21 bits per heavy atom. The molecule has 2 N–H and O–H groups in total. The van der Waals surface area contributed by atoms with Crippen LogP contribution in [0.3, 0.4) is 0 Å². The van der Waals surface area contributed by atoms with Crippen LogP contribution in [0.25, 0.3) is 0 Å². The minimum atomic E-state index is -4.36. The number of halogens is 3. The molecule has 14 heavy (non-hydrogen) atoms. The van der Waals surface area contributed by atoms with Crippen molar-refractivity contribution in [3.8, 4) is 0 Å². The number of hydrogen-bond donors (Lipinski definition) is 1. The largest absolute Gasteiger partial charge is 0.416 e. The highest BCUT2D eigenvalue weighted by molar-refractivity contribution is 5.40. The lowest BCUT2D eigenvalue weighted by molar-refractivity contribution is -0.0883. The van der Waals surface area contributed by atoms with E-state index >= 15 is 0 Å². The third-order valence-electron chi connectivity index (χ3n) is 1.68. The lowest BCUT2D eigenvalue weighted by Crippen LogP contribution is -2.12. The first-order valence-electron chi connectivity index (χ1n) is 4.00. The fraction of sp³-hybridized carbons (Fsp3) is 0.200. The van der Waals surface area contributed by atoms with E-state index in [1.165, 1.54) is 6.08 Å². The van der Waals surface area contributed by atoms with Crippen molar-refractivity contribution in [1.29, 1.82) is 0 Å². The van der Waals surface area contributed by atoms with Gasteiger partial charge >= 0.3 is 6.18 Å². The molecule has 76 valence electrons. The molecule has 0 unspecified atom stereocenters. The van der Waals surface area contributed by atoms with Crippen LogP contribution in [0, 0.1) is 0 Å². The Balaban J connectivity index is 3.14. The van der Waals surface area contributed by atoms with Gasteiger partial charge in [0.25, 0.3) is 0 Å². The van der Waals surface area contributed by atoms with Crippen LogP contribution in [0.1, 0.15) is 6.92 Å². The molecule has 0 radical (unpaired) electrons. The van der Waals surface area contributed by atoms with Crippen molar-refractivity contribution in [1.82, 2.24) is 0 Å². The molecule has 0 bridgehead atoms. The van der Waals surface area contributed by atoms with E-state index in [0.717, 1.165) is 12.2 Å². The minimum Gasteiger partial charge on any atom is -0.399 e. The molecule has 0 atom stereocenters. The summed E-state index contributed by atoms with van der Waals surface area (Å²) in [6.07, 6.45) is 2.26. The highest BCUT2D eigenvalue weighted by Gasteiger charge is 2.32. The first kappa shape index (κ1) is 10.6. The smallest absolute Gasteiger partial charge is 0.399 e. The summed E-state index contributed by atoms with van der Waals surface area (Å²) >= 11 is 0. The van der Waals surface area contributed by atoms with E-state index in [1.54, 1.807) is 19.1 Å². The Morgan fingerprint density at radius 2 is 1.86 bits per heavy atom. The quantitative estimate of drug-likeness (QED) is 0.640. The molecule has 0 saturated carbocycles. The van der Waals surface area contributed by atoms with E-state index in [9.17, 15) is 13.2 Å². The molecule has 1 nitrogen and oxygen atoms in total. The maximum atomic E-state index is 12.4. The Morgan fingerprint density at radius 3 is 2.43 bits per heavy atom. The van der Waals surface area contributed by atoms with Crippen LogP contribution >= 0.6 is 0 Å². The molecular formula is C10H10F3N. The van der Waals surface area contributed by atoms with Crippen molar-refractivity contribution in [2.45, 2.75) is 13.1 Å². The van der Waals surface area contributed by atoms with Crippen LogP contribution in [0.15, 0.2) is 47.2 Å². The summed E-state index contributed by atoms with van der Waals surface area (Å²) in [6, 6.07) is 0. The highest BCUT2D eigenvalue weighted by atomic mass is 19.4. The molecule has 0 aromatic carbocycles. The highest BCUT2D eigenvalue weighted by Crippen LogP contribution is 2.28. The Labute approximate surface area is 80.1 Å². The standard InChI is InChI=1S/C10H10F3N/c1-7-3-2-4-9(14)6-8(5-7)10(11,12)13/h2-6H,14H2,1H3/b3-2?,4-2+,7-3?,7-5?,8-5?,8-6?,9-4?,9-6+. The predicted octanol–water partition coefficient (Wildman–Crippen LogP) is 2.83. The second-order valence-corrected chi connectivity index (χ2v) is 3.01. The van der Waals surface area contributed by atoms with Gasteiger partial charge in [0.1, 0.15) is 0 Å². The third kappa shape index (κ3) is 2.80. The van der Waals surface area contributed by atoms with Crippen LogP contribution in [-0.2, 0) is 0 Å². The predicted molar refractivity (Wildman–Crippen MR) is 49.3 cm³/mol. The number of nitrogens with two attached hydrogens (primary N) is 1. The molecular weight excluding hydrogens is 191 g/mol. The summed E-state index contributed by atoms with van der Waals surface area (Å²) < 4.78 is 37.1. The Bertz CT molecular complexity index is 343. The molecule has 0 spiro atoms. The molecule has 0 heterocycles. The maximum Gasteiger partial charge on any atom is 0.416 e. The monoisotopic (exact) mass is 201 g/mol. The number of hydrogen-bond acceptors (Lipinski definition) is 1. The first-order valence-corrected chi connectivity index (χ1v) is 4.00. The summed E-state index contributed by atoms with van der Waals surface area (Å²) in [5.74, 6) is 0. The summed E-state index contributed by atoms with van der Waals surface area (Å²) in [5, 5.41) is 0. The second kappa shape index (κ2) is 3.74. The van der Waals surface area contributed by atoms with Gasteiger partial charge in [-0.25, -0.2) is 0 Å². The van der Waals surface area contributed by atoms with E-state index in [1.807, 2.05) is 0 Å². The van der Waals surface area contributed by atoms with Gasteiger partial charge in [-0.3, -0.25) is 0 Å². The van der Waals surface area contributed by atoms with Gasteiger partial charge in [-0.1, -0.05) is 17.7 Å². The molecule has 1 rings (SSSR count). The van der Waals surface area contributed by atoms with E-state index in [0.29, 0.717) is 5.57 Å². The third-order valence-corrected chi connectivity index (χ3v) is 1.68. The Hall–Kier alpha value is -1.45. The average molecular weight is 201 g/mol. The summed E-state index contributed by atoms with van der Waals surface area (Å²) in [4.78, 5) is 0. The molecule has 1 aliphatic carbocycles. The van der Waals surface area contributed by atoms with Gasteiger partial charge in [0.2, 0.25) is 0 Å². The molecule has 0 fully saturated rings. The molecule has 0 aromatic rings.